The molecule has 1 aromatic carbocycles. The Morgan fingerprint density at radius 3 is 2.60 bits per heavy atom. The van der Waals surface area contributed by atoms with Gasteiger partial charge in [-0.15, -0.1) is 6.58 Å². The SMILES string of the molecule is C=CCN(C)/C=C\C(=C)c1ccccc1. The lowest BCUT2D eigenvalue weighted by Crippen LogP contribution is -2.09. The second-order valence-corrected chi connectivity index (χ2v) is 3.44. The van der Waals surface area contributed by atoms with Crippen LogP contribution >= 0.6 is 0 Å². The van der Waals surface area contributed by atoms with Crippen molar-refractivity contribution in [1.29, 1.82) is 0 Å². The van der Waals surface area contributed by atoms with Gasteiger partial charge in [0.2, 0.25) is 0 Å². The average molecular weight is 199 g/mol. The predicted octanol–water partition coefficient (Wildman–Crippen LogP) is 3.33. The van der Waals surface area contributed by atoms with Crippen molar-refractivity contribution in [3.63, 3.8) is 0 Å². The molecule has 78 valence electrons. The third-order valence-corrected chi connectivity index (χ3v) is 2.09. The quantitative estimate of drug-likeness (QED) is 0.519. The number of benzene rings is 1. The van der Waals surface area contributed by atoms with Crippen LogP contribution in [-0.2, 0) is 0 Å². The zero-order chi connectivity index (χ0) is 11.1. The highest BCUT2D eigenvalue weighted by molar-refractivity contribution is 5.71. The number of allylic oxidation sites excluding steroid dienone is 2. The van der Waals surface area contributed by atoms with Gasteiger partial charge in [-0.3, -0.25) is 0 Å². The molecule has 0 unspecified atom stereocenters. The first-order chi connectivity index (χ1) is 7.24. The van der Waals surface area contributed by atoms with Crippen LogP contribution in [0, 0.1) is 0 Å². The van der Waals surface area contributed by atoms with Crippen LogP contribution in [0.2, 0.25) is 0 Å². The van der Waals surface area contributed by atoms with Crippen LogP contribution < -0.4 is 0 Å². The van der Waals surface area contributed by atoms with Crippen molar-refractivity contribution in [1.82, 2.24) is 4.90 Å². The molecule has 0 heterocycles. The first-order valence-corrected chi connectivity index (χ1v) is 4.97. The maximum atomic E-state index is 4.02. The standard InChI is InChI=1S/C14H17N/c1-4-11-15(3)12-10-13(2)14-8-6-5-7-9-14/h4-10,12H,1-2,11H2,3H3/b12-10-. The molecule has 0 aliphatic carbocycles. The molecule has 0 amide bonds. The smallest absolute Gasteiger partial charge is 0.0348 e. The van der Waals surface area contributed by atoms with Gasteiger partial charge < -0.3 is 4.90 Å². The summed E-state index contributed by atoms with van der Waals surface area (Å²) < 4.78 is 0. The average Bonchev–Trinajstić information content (AvgIpc) is 2.27. The summed E-state index contributed by atoms with van der Waals surface area (Å²) in [5, 5.41) is 0. The Bertz CT molecular complexity index is 349. The summed E-state index contributed by atoms with van der Waals surface area (Å²) in [6.45, 7) is 8.55. The van der Waals surface area contributed by atoms with Crippen LogP contribution in [0.25, 0.3) is 5.57 Å². The van der Waals surface area contributed by atoms with Gasteiger partial charge in [-0.2, -0.15) is 0 Å². The van der Waals surface area contributed by atoms with Crippen LogP contribution in [0.3, 0.4) is 0 Å². The van der Waals surface area contributed by atoms with Crippen molar-refractivity contribution in [2.24, 2.45) is 0 Å². The van der Waals surface area contributed by atoms with Gasteiger partial charge in [-0.1, -0.05) is 43.0 Å². The van der Waals surface area contributed by atoms with Gasteiger partial charge in [-0.25, -0.2) is 0 Å². The van der Waals surface area contributed by atoms with Crippen molar-refractivity contribution < 1.29 is 0 Å². The lowest BCUT2D eigenvalue weighted by atomic mass is 10.1. The molecule has 0 atom stereocenters. The van der Waals surface area contributed by atoms with Gasteiger partial charge in [-0.05, 0) is 23.4 Å². The Hall–Kier alpha value is -1.76. The van der Waals surface area contributed by atoms with Gasteiger partial charge in [0, 0.05) is 13.6 Å². The molecule has 0 aliphatic rings. The fourth-order valence-electron chi connectivity index (χ4n) is 1.23. The molecule has 0 bridgehead atoms. The van der Waals surface area contributed by atoms with Gasteiger partial charge in [0.15, 0.2) is 0 Å². The van der Waals surface area contributed by atoms with Gasteiger partial charge in [0.25, 0.3) is 0 Å². The number of likely N-dealkylation sites (N-methyl/N-ethyl adjacent to an activating group) is 1. The number of rotatable bonds is 5. The van der Waals surface area contributed by atoms with Crippen LogP contribution in [0.1, 0.15) is 5.56 Å². The van der Waals surface area contributed by atoms with Gasteiger partial charge in [0.1, 0.15) is 0 Å². The van der Waals surface area contributed by atoms with E-state index in [-0.39, 0.29) is 0 Å². The second-order valence-electron chi connectivity index (χ2n) is 3.44. The molecule has 0 aromatic heterocycles. The minimum atomic E-state index is 0.846. The first-order valence-electron chi connectivity index (χ1n) is 4.97. The molecule has 0 saturated carbocycles. The molecule has 0 radical (unpaired) electrons. The maximum absolute atomic E-state index is 4.02. The molecule has 0 saturated heterocycles. The largest absolute Gasteiger partial charge is 0.377 e. The minimum Gasteiger partial charge on any atom is -0.377 e. The highest BCUT2D eigenvalue weighted by Crippen LogP contribution is 2.12. The summed E-state index contributed by atoms with van der Waals surface area (Å²) in [5.74, 6) is 0. The molecule has 0 fully saturated rings. The maximum Gasteiger partial charge on any atom is 0.0348 e. The molecule has 1 rings (SSSR count). The van der Waals surface area contributed by atoms with Crippen molar-refractivity contribution in [2.45, 2.75) is 0 Å². The van der Waals surface area contributed by atoms with Crippen molar-refractivity contribution in [3.05, 3.63) is 67.4 Å². The molecule has 15 heavy (non-hydrogen) atoms. The predicted molar refractivity (Wildman–Crippen MR) is 67.4 cm³/mol. The van der Waals surface area contributed by atoms with E-state index >= 15 is 0 Å². The summed E-state index contributed by atoms with van der Waals surface area (Å²) in [5.41, 5.74) is 2.17. The van der Waals surface area contributed by atoms with E-state index in [1.807, 2.05) is 43.6 Å². The lowest BCUT2D eigenvalue weighted by molar-refractivity contribution is 0.510. The Kier molecular flexibility index (Phi) is 4.42. The summed E-state index contributed by atoms with van der Waals surface area (Å²) in [4.78, 5) is 2.06. The fraction of sp³-hybridized carbons (Fsp3) is 0.143. The Morgan fingerprint density at radius 2 is 2.00 bits per heavy atom. The van der Waals surface area contributed by atoms with E-state index in [0.717, 1.165) is 17.7 Å². The van der Waals surface area contributed by atoms with Crippen molar-refractivity contribution in [3.8, 4) is 0 Å². The lowest BCUT2D eigenvalue weighted by Gasteiger charge is -2.10. The summed E-state index contributed by atoms with van der Waals surface area (Å²) in [7, 11) is 2.01. The van der Waals surface area contributed by atoms with E-state index in [1.165, 1.54) is 0 Å². The van der Waals surface area contributed by atoms with E-state index in [1.54, 1.807) is 0 Å². The Balaban J connectivity index is 2.60. The molecular formula is C14H17N. The molecule has 1 nitrogen and oxygen atoms in total. The summed E-state index contributed by atoms with van der Waals surface area (Å²) in [6.07, 6.45) is 5.89. The Labute approximate surface area is 92.0 Å². The van der Waals surface area contributed by atoms with Crippen LogP contribution in [0.5, 0.6) is 0 Å². The van der Waals surface area contributed by atoms with E-state index in [4.69, 9.17) is 0 Å². The van der Waals surface area contributed by atoms with Crippen LogP contribution in [0.15, 0.2) is 61.8 Å². The minimum absolute atomic E-state index is 0.846. The molecule has 0 N–H and O–H groups in total. The monoisotopic (exact) mass is 199 g/mol. The van der Waals surface area contributed by atoms with Crippen molar-refractivity contribution in [2.75, 3.05) is 13.6 Å². The molecule has 1 aromatic rings. The number of hydrogen-bond donors (Lipinski definition) is 0. The number of hydrogen-bond acceptors (Lipinski definition) is 1. The van der Waals surface area contributed by atoms with E-state index in [0.29, 0.717) is 0 Å². The van der Waals surface area contributed by atoms with Gasteiger partial charge >= 0.3 is 0 Å². The molecular weight excluding hydrogens is 182 g/mol. The topological polar surface area (TPSA) is 3.24 Å². The fourth-order valence-corrected chi connectivity index (χ4v) is 1.23. The third kappa shape index (κ3) is 3.86. The van der Waals surface area contributed by atoms with E-state index in [2.05, 4.69) is 30.2 Å². The third-order valence-electron chi connectivity index (χ3n) is 2.09. The second kappa shape index (κ2) is 5.86. The first kappa shape index (κ1) is 11.3. The number of nitrogens with zero attached hydrogens (tertiary/aromatic N) is 1. The normalized spacial score (nSPS) is 10.2. The highest BCUT2D eigenvalue weighted by Gasteiger charge is 1.92. The summed E-state index contributed by atoms with van der Waals surface area (Å²) >= 11 is 0. The van der Waals surface area contributed by atoms with E-state index < -0.39 is 0 Å². The van der Waals surface area contributed by atoms with E-state index in [9.17, 15) is 0 Å². The highest BCUT2D eigenvalue weighted by atomic mass is 15.1. The van der Waals surface area contributed by atoms with Gasteiger partial charge in [0.05, 0.1) is 0 Å². The van der Waals surface area contributed by atoms with Crippen LogP contribution in [-0.4, -0.2) is 18.5 Å². The summed E-state index contributed by atoms with van der Waals surface area (Å²) in [6, 6.07) is 10.1. The van der Waals surface area contributed by atoms with Crippen LogP contribution in [0.4, 0.5) is 0 Å². The molecule has 1 heteroatoms. The zero-order valence-corrected chi connectivity index (χ0v) is 9.19. The molecule has 0 aliphatic heterocycles. The van der Waals surface area contributed by atoms with Crippen molar-refractivity contribution >= 4 is 5.57 Å². The molecule has 0 spiro atoms. The zero-order valence-electron chi connectivity index (χ0n) is 9.19. The Morgan fingerprint density at radius 1 is 1.33 bits per heavy atom.